The summed E-state index contributed by atoms with van der Waals surface area (Å²) in [7, 11) is 1.76. The van der Waals surface area contributed by atoms with E-state index in [-0.39, 0.29) is 0 Å². The van der Waals surface area contributed by atoms with E-state index in [1.165, 1.54) is 16.7 Å². The van der Waals surface area contributed by atoms with Crippen molar-refractivity contribution < 1.29 is 4.74 Å². The predicted molar refractivity (Wildman–Crippen MR) is 57.4 cm³/mol. The summed E-state index contributed by atoms with van der Waals surface area (Å²) in [5.41, 5.74) is 4.45. The Balaban J connectivity index is 2.21. The fourth-order valence-electron chi connectivity index (χ4n) is 2.03. The molecule has 0 bridgehead atoms. The standard InChI is InChI=1S/C12H17NO/c1-14-8-6-11-4-2-3-10-5-7-13-9-12(10)11/h2-4,13H,5-9H2,1H3. The summed E-state index contributed by atoms with van der Waals surface area (Å²) in [6, 6.07) is 6.62. The van der Waals surface area contributed by atoms with Crippen molar-refractivity contribution in [2.75, 3.05) is 20.3 Å². The molecule has 1 aromatic carbocycles. The Hall–Kier alpha value is -0.860. The number of methoxy groups -OCH3 is 1. The number of ether oxygens (including phenoxy) is 1. The summed E-state index contributed by atoms with van der Waals surface area (Å²) >= 11 is 0. The van der Waals surface area contributed by atoms with Gasteiger partial charge in [-0.05, 0) is 36.1 Å². The van der Waals surface area contributed by atoms with E-state index in [2.05, 4.69) is 23.5 Å². The number of benzene rings is 1. The van der Waals surface area contributed by atoms with E-state index in [4.69, 9.17) is 4.74 Å². The van der Waals surface area contributed by atoms with Crippen molar-refractivity contribution in [2.24, 2.45) is 0 Å². The van der Waals surface area contributed by atoms with Gasteiger partial charge in [0.2, 0.25) is 0 Å². The normalized spacial score (nSPS) is 15.2. The van der Waals surface area contributed by atoms with Crippen molar-refractivity contribution in [1.29, 1.82) is 0 Å². The predicted octanol–water partition coefficient (Wildman–Crippen LogP) is 1.52. The minimum atomic E-state index is 0.816. The molecule has 0 aliphatic carbocycles. The maximum Gasteiger partial charge on any atom is 0.0502 e. The second-order valence-corrected chi connectivity index (χ2v) is 3.72. The molecule has 0 spiro atoms. The van der Waals surface area contributed by atoms with Crippen molar-refractivity contribution in [3.05, 3.63) is 34.9 Å². The van der Waals surface area contributed by atoms with Gasteiger partial charge in [-0.15, -0.1) is 0 Å². The van der Waals surface area contributed by atoms with Crippen LogP contribution in [0.3, 0.4) is 0 Å². The Kier molecular flexibility index (Phi) is 3.17. The third-order valence-electron chi connectivity index (χ3n) is 2.82. The van der Waals surface area contributed by atoms with Crippen molar-refractivity contribution >= 4 is 0 Å². The average Bonchev–Trinajstić information content (AvgIpc) is 2.26. The zero-order chi connectivity index (χ0) is 9.80. The fourth-order valence-corrected chi connectivity index (χ4v) is 2.03. The van der Waals surface area contributed by atoms with E-state index in [1.807, 2.05) is 0 Å². The first-order chi connectivity index (χ1) is 6.92. The minimum Gasteiger partial charge on any atom is -0.384 e. The van der Waals surface area contributed by atoms with Crippen LogP contribution in [0.1, 0.15) is 16.7 Å². The lowest BCUT2D eigenvalue weighted by atomic mass is 9.94. The molecule has 0 radical (unpaired) electrons. The Morgan fingerprint density at radius 2 is 2.36 bits per heavy atom. The summed E-state index contributed by atoms with van der Waals surface area (Å²) in [5, 5.41) is 3.42. The molecule has 2 nitrogen and oxygen atoms in total. The van der Waals surface area contributed by atoms with E-state index in [1.54, 1.807) is 7.11 Å². The minimum absolute atomic E-state index is 0.816. The highest BCUT2D eigenvalue weighted by atomic mass is 16.5. The molecule has 0 amide bonds. The lowest BCUT2D eigenvalue weighted by Crippen LogP contribution is -2.25. The van der Waals surface area contributed by atoms with E-state index in [9.17, 15) is 0 Å². The molecule has 1 aliphatic rings. The molecule has 0 aromatic heterocycles. The SMILES string of the molecule is COCCc1cccc2c1CNCC2. The lowest BCUT2D eigenvalue weighted by molar-refractivity contribution is 0.202. The van der Waals surface area contributed by atoms with Crippen molar-refractivity contribution in [3.8, 4) is 0 Å². The Morgan fingerprint density at radius 3 is 3.21 bits per heavy atom. The van der Waals surface area contributed by atoms with Gasteiger partial charge in [0.25, 0.3) is 0 Å². The number of nitrogens with one attached hydrogen (secondary N) is 1. The van der Waals surface area contributed by atoms with Gasteiger partial charge in [-0.3, -0.25) is 0 Å². The highest BCUT2D eigenvalue weighted by molar-refractivity contribution is 5.37. The van der Waals surface area contributed by atoms with Gasteiger partial charge in [0.15, 0.2) is 0 Å². The van der Waals surface area contributed by atoms with Crippen LogP contribution in [0.15, 0.2) is 18.2 Å². The zero-order valence-electron chi connectivity index (χ0n) is 8.68. The quantitative estimate of drug-likeness (QED) is 0.782. The van der Waals surface area contributed by atoms with Crippen molar-refractivity contribution in [2.45, 2.75) is 19.4 Å². The van der Waals surface area contributed by atoms with Gasteiger partial charge >= 0.3 is 0 Å². The first-order valence-corrected chi connectivity index (χ1v) is 5.21. The van der Waals surface area contributed by atoms with Crippen LogP contribution < -0.4 is 5.32 Å². The molecule has 2 rings (SSSR count). The zero-order valence-corrected chi connectivity index (χ0v) is 8.68. The number of fused-ring (bicyclic) bond motifs is 1. The molecule has 1 aliphatic heterocycles. The van der Waals surface area contributed by atoms with E-state index in [0.717, 1.165) is 32.5 Å². The van der Waals surface area contributed by atoms with Gasteiger partial charge in [-0.1, -0.05) is 18.2 Å². The molecule has 76 valence electrons. The van der Waals surface area contributed by atoms with Gasteiger partial charge in [0.05, 0.1) is 6.61 Å². The molecule has 14 heavy (non-hydrogen) atoms. The molecular formula is C12H17NO. The van der Waals surface area contributed by atoms with Crippen molar-refractivity contribution in [1.82, 2.24) is 5.32 Å². The molecular weight excluding hydrogens is 174 g/mol. The van der Waals surface area contributed by atoms with E-state index >= 15 is 0 Å². The molecule has 1 N–H and O–H groups in total. The summed E-state index contributed by atoms with van der Waals surface area (Å²) in [5.74, 6) is 0. The van der Waals surface area contributed by atoms with Gasteiger partial charge in [0.1, 0.15) is 0 Å². The van der Waals surface area contributed by atoms with Crippen LogP contribution >= 0.6 is 0 Å². The highest BCUT2D eigenvalue weighted by Crippen LogP contribution is 2.18. The highest BCUT2D eigenvalue weighted by Gasteiger charge is 2.11. The van der Waals surface area contributed by atoms with Crippen LogP contribution in [0.4, 0.5) is 0 Å². The maximum atomic E-state index is 5.12. The first-order valence-electron chi connectivity index (χ1n) is 5.21. The molecule has 0 fully saturated rings. The third kappa shape index (κ3) is 1.97. The number of hydrogen-bond acceptors (Lipinski definition) is 2. The summed E-state index contributed by atoms with van der Waals surface area (Å²) in [6.07, 6.45) is 2.19. The van der Waals surface area contributed by atoms with E-state index in [0.29, 0.717) is 0 Å². The Morgan fingerprint density at radius 1 is 1.43 bits per heavy atom. The molecule has 0 unspecified atom stereocenters. The van der Waals surface area contributed by atoms with Crippen molar-refractivity contribution in [3.63, 3.8) is 0 Å². The molecule has 2 heteroatoms. The Bertz CT molecular complexity index is 309. The van der Waals surface area contributed by atoms with Crippen LogP contribution in [-0.4, -0.2) is 20.3 Å². The van der Waals surface area contributed by atoms with Crippen LogP contribution in [-0.2, 0) is 24.1 Å². The van der Waals surface area contributed by atoms with Crippen LogP contribution in [0.25, 0.3) is 0 Å². The van der Waals surface area contributed by atoms with Crippen LogP contribution in [0.5, 0.6) is 0 Å². The third-order valence-corrected chi connectivity index (χ3v) is 2.82. The molecule has 1 heterocycles. The number of hydrogen-bond donors (Lipinski definition) is 1. The second-order valence-electron chi connectivity index (χ2n) is 3.72. The maximum absolute atomic E-state index is 5.12. The first kappa shape index (κ1) is 9.69. The van der Waals surface area contributed by atoms with Gasteiger partial charge < -0.3 is 10.1 Å². The smallest absolute Gasteiger partial charge is 0.0502 e. The number of rotatable bonds is 3. The molecule has 0 saturated heterocycles. The largest absolute Gasteiger partial charge is 0.384 e. The van der Waals surface area contributed by atoms with Gasteiger partial charge in [-0.25, -0.2) is 0 Å². The van der Waals surface area contributed by atoms with Crippen LogP contribution in [0.2, 0.25) is 0 Å². The lowest BCUT2D eigenvalue weighted by Gasteiger charge is -2.20. The van der Waals surface area contributed by atoms with E-state index < -0.39 is 0 Å². The monoisotopic (exact) mass is 191 g/mol. The Labute approximate surface area is 85.3 Å². The summed E-state index contributed by atoms with van der Waals surface area (Å²) in [6.45, 7) is 2.95. The van der Waals surface area contributed by atoms with Crippen LogP contribution in [0, 0.1) is 0 Å². The fraction of sp³-hybridized carbons (Fsp3) is 0.500. The summed E-state index contributed by atoms with van der Waals surface area (Å²) < 4.78 is 5.12. The molecule has 0 saturated carbocycles. The average molecular weight is 191 g/mol. The molecule has 1 aromatic rings. The summed E-state index contributed by atoms with van der Waals surface area (Å²) in [4.78, 5) is 0. The topological polar surface area (TPSA) is 21.3 Å². The second kappa shape index (κ2) is 4.58. The van der Waals surface area contributed by atoms with Gasteiger partial charge in [-0.2, -0.15) is 0 Å². The van der Waals surface area contributed by atoms with Gasteiger partial charge in [0, 0.05) is 13.7 Å². The molecule has 0 atom stereocenters.